The summed E-state index contributed by atoms with van der Waals surface area (Å²) in [5.41, 5.74) is -0.528. The summed E-state index contributed by atoms with van der Waals surface area (Å²) in [4.78, 5) is 38.3. The van der Waals surface area contributed by atoms with Gasteiger partial charge in [-0.2, -0.15) is 0 Å². The molecule has 0 radical (unpaired) electrons. The molecule has 196 valence electrons. The molecule has 0 unspecified atom stereocenters. The summed E-state index contributed by atoms with van der Waals surface area (Å²) in [5.74, 6) is -2.40. The molecular weight excluding hydrogens is 468 g/mol. The number of ether oxygens (including phenoxy) is 5. The average molecular weight is 503 g/mol. The number of hydrogen-bond acceptors (Lipinski definition) is 9. The number of hydrogen-bond donors (Lipinski definition) is 1. The van der Waals surface area contributed by atoms with Crippen molar-refractivity contribution in [3.8, 4) is 0 Å². The minimum Gasteiger partial charge on any atom is -0.462 e. The Labute approximate surface area is 210 Å². The maximum absolute atomic E-state index is 13.3. The van der Waals surface area contributed by atoms with Crippen molar-refractivity contribution in [3.63, 3.8) is 0 Å². The standard InChI is InChI=1S/C27H34O9/c1-16-8-10-26-14-32-24(31)22(17(2)9-11-28)36-21(30)7-5-4-6-20(29)34-18-13-25(26,3)27(15-33-27)23(18)35-19(26)12-16/h4-7,12,17-19,22-23,28H,8-11,13-15H2,1-3H3/b6-4-,7-5-/t17-,18-,19-,22+,23-,25-,26-,27+/m1/s1. The van der Waals surface area contributed by atoms with Gasteiger partial charge in [0.25, 0.3) is 0 Å². The van der Waals surface area contributed by atoms with Crippen molar-refractivity contribution in [3.05, 3.63) is 36.0 Å². The largest absolute Gasteiger partial charge is 0.462 e. The van der Waals surface area contributed by atoms with Crippen LogP contribution in [0.2, 0.25) is 0 Å². The van der Waals surface area contributed by atoms with Crippen LogP contribution in [-0.4, -0.2) is 72.9 Å². The first kappa shape index (κ1) is 25.2. The number of cyclic esters (lactones) is 2. The molecule has 5 aliphatic rings. The molecule has 5 rings (SSSR count). The molecule has 0 aromatic carbocycles. The highest BCUT2D eigenvalue weighted by atomic mass is 16.7. The van der Waals surface area contributed by atoms with Gasteiger partial charge in [-0.3, -0.25) is 0 Å². The monoisotopic (exact) mass is 502 g/mol. The van der Waals surface area contributed by atoms with Crippen molar-refractivity contribution in [1.82, 2.24) is 0 Å². The Hall–Kier alpha value is -2.49. The average Bonchev–Trinajstić information content (AvgIpc) is 3.60. The van der Waals surface area contributed by atoms with E-state index in [2.05, 4.69) is 19.9 Å². The van der Waals surface area contributed by atoms with E-state index < -0.39 is 58.6 Å². The zero-order valence-corrected chi connectivity index (χ0v) is 20.9. The van der Waals surface area contributed by atoms with Gasteiger partial charge >= 0.3 is 17.9 Å². The number of aliphatic hydroxyl groups is 1. The summed E-state index contributed by atoms with van der Waals surface area (Å²) >= 11 is 0. The molecule has 3 aliphatic heterocycles. The SMILES string of the molecule is CC1=C[C@H]2O[C@@H]3[C@H]4C[C@](C)([C@]2(CC1)COC(=O)[C@H]([C@H](C)CCO)OC(=O)/C=C\C=C/C(=O)O4)[C@]31CO1. The van der Waals surface area contributed by atoms with E-state index in [1.807, 2.05) is 0 Å². The smallest absolute Gasteiger partial charge is 0.347 e. The summed E-state index contributed by atoms with van der Waals surface area (Å²) in [6, 6.07) is 0. The van der Waals surface area contributed by atoms with E-state index in [9.17, 15) is 19.5 Å². The summed E-state index contributed by atoms with van der Waals surface area (Å²) in [5, 5.41) is 9.42. The summed E-state index contributed by atoms with van der Waals surface area (Å²) in [6.45, 7) is 6.29. The van der Waals surface area contributed by atoms with Crippen molar-refractivity contribution in [2.24, 2.45) is 16.7 Å². The lowest BCUT2D eigenvalue weighted by Gasteiger charge is -2.57. The van der Waals surface area contributed by atoms with Crippen LogP contribution >= 0.6 is 0 Å². The molecule has 3 heterocycles. The number of carbonyl (C=O) groups excluding carboxylic acids is 3. The van der Waals surface area contributed by atoms with E-state index in [1.54, 1.807) is 6.92 Å². The Morgan fingerprint density at radius 2 is 1.81 bits per heavy atom. The second kappa shape index (κ2) is 9.11. The maximum Gasteiger partial charge on any atom is 0.347 e. The van der Waals surface area contributed by atoms with Crippen molar-refractivity contribution < 1.29 is 43.2 Å². The number of aliphatic hydroxyl groups excluding tert-OH is 1. The van der Waals surface area contributed by atoms with Gasteiger partial charge in [-0.05, 0) is 32.6 Å². The molecule has 0 aromatic rings. The van der Waals surface area contributed by atoms with Gasteiger partial charge in [0.05, 0.1) is 12.7 Å². The third-order valence-electron chi connectivity index (χ3n) is 9.03. The molecule has 3 bridgehead atoms. The fraction of sp³-hybridized carbons (Fsp3) is 0.667. The van der Waals surface area contributed by atoms with Crippen LogP contribution in [0, 0.1) is 16.7 Å². The number of fused-ring (bicyclic) bond motifs is 2. The molecule has 2 aliphatic carbocycles. The van der Waals surface area contributed by atoms with Crippen molar-refractivity contribution in [2.75, 3.05) is 19.8 Å². The van der Waals surface area contributed by atoms with E-state index in [0.717, 1.165) is 12.5 Å². The first-order valence-corrected chi connectivity index (χ1v) is 12.7. The van der Waals surface area contributed by atoms with Crippen LogP contribution in [0.1, 0.15) is 46.5 Å². The van der Waals surface area contributed by atoms with Crippen LogP contribution in [0.25, 0.3) is 0 Å². The predicted octanol–water partition coefficient (Wildman–Crippen LogP) is 2.17. The molecule has 9 nitrogen and oxygen atoms in total. The molecule has 0 aromatic heterocycles. The van der Waals surface area contributed by atoms with E-state index in [4.69, 9.17) is 23.7 Å². The van der Waals surface area contributed by atoms with Crippen LogP contribution in [0.15, 0.2) is 36.0 Å². The van der Waals surface area contributed by atoms with Gasteiger partial charge in [0.1, 0.15) is 24.4 Å². The minimum absolute atomic E-state index is 0.0465. The molecule has 1 N–H and O–H groups in total. The number of carbonyl (C=O) groups is 3. The van der Waals surface area contributed by atoms with Crippen LogP contribution in [0.4, 0.5) is 0 Å². The fourth-order valence-corrected chi connectivity index (χ4v) is 6.73. The zero-order chi connectivity index (χ0) is 25.7. The zero-order valence-electron chi connectivity index (χ0n) is 20.9. The summed E-state index contributed by atoms with van der Waals surface area (Å²) in [6.07, 6.45) is 7.03. The van der Waals surface area contributed by atoms with Crippen LogP contribution < -0.4 is 0 Å². The second-order valence-corrected chi connectivity index (χ2v) is 11.0. The van der Waals surface area contributed by atoms with Gasteiger partial charge in [0.2, 0.25) is 6.10 Å². The quantitative estimate of drug-likeness (QED) is 0.268. The molecule has 2 saturated heterocycles. The minimum atomic E-state index is -1.18. The van der Waals surface area contributed by atoms with Crippen molar-refractivity contribution in [1.29, 1.82) is 0 Å². The highest BCUT2D eigenvalue weighted by Crippen LogP contribution is 2.71. The highest BCUT2D eigenvalue weighted by molar-refractivity contribution is 5.87. The van der Waals surface area contributed by atoms with Gasteiger partial charge < -0.3 is 28.8 Å². The third kappa shape index (κ3) is 3.83. The molecule has 1 saturated carbocycles. The van der Waals surface area contributed by atoms with Crippen molar-refractivity contribution >= 4 is 17.9 Å². The Bertz CT molecular complexity index is 1020. The summed E-state index contributed by atoms with van der Waals surface area (Å²) in [7, 11) is 0. The Kier molecular flexibility index (Phi) is 6.37. The van der Waals surface area contributed by atoms with E-state index in [-0.39, 0.29) is 25.7 Å². The van der Waals surface area contributed by atoms with Crippen LogP contribution in [0.5, 0.6) is 0 Å². The molecule has 36 heavy (non-hydrogen) atoms. The predicted molar refractivity (Wildman–Crippen MR) is 125 cm³/mol. The van der Waals surface area contributed by atoms with E-state index in [1.165, 1.54) is 23.8 Å². The Balaban J connectivity index is 1.55. The lowest BCUT2D eigenvalue weighted by Crippen LogP contribution is -2.64. The van der Waals surface area contributed by atoms with Crippen molar-refractivity contribution in [2.45, 2.75) is 76.5 Å². The Morgan fingerprint density at radius 1 is 1.11 bits per heavy atom. The molecule has 0 amide bonds. The number of esters is 3. The molecule has 8 atom stereocenters. The normalized spacial score (nSPS) is 44.7. The van der Waals surface area contributed by atoms with E-state index >= 15 is 0 Å². The topological polar surface area (TPSA) is 121 Å². The number of allylic oxidation sites excluding steroid dienone is 3. The maximum atomic E-state index is 13.3. The fourth-order valence-electron chi connectivity index (χ4n) is 6.73. The first-order valence-electron chi connectivity index (χ1n) is 12.7. The van der Waals surface area contributed by atoms with Gasteiger partial charge in [0, 0.05) is 35.5 Å². The first-order chi connectivity index (χ1) is 17.2. The lowest BCUT2D eigenvalue weighted by molar-refractivity contribution is -0.226. The molecular formula is C27H34O9. The van der Waals surface area contributed by atoms with E-state index in [0.29, 0.717) is 19.4 Å². The third-order valence-corrected chi connectivity index (χ3v) is 9.03. The Morgan fingerprint density at radius 3 is 2.47 bits per heavy atom. The number of rotatable bonds is 3. The molecule has 2 spiro atoms. The van der Waals surface area contributed by atoms with Crippen LogP contribution in [0.3, 0.4) is 0 Å². The van der Waals surface area contributed by atoms with Gasteiger partial charge in [0.15, 0.2) is 0 Å². The van der Waals surface area contributed by atoms with Gasteiger partial charge in [-0.25, -0.2) is 14.4 Å². The van der Waals surface area contributed by atoms with Crippen LogP contribution in [-0.2, 0) is 38.1 Å². The summed E-state index contributed by atoms with van der Waals surface area (Å²) < 4.78 is 29.9. The highest BCUT2D eigenvalue weighted by Gasteiger charge is 2.82. The number of epoxide rings is 1. The molecule has 3 fully saturated rings. The van der Waals surface area contributed by atoms with Gasteiger partial charge in [-0.15, -0.1) is 0 Å². The lowest BCUT2D eigenvalue weighted by atomic mass is 9.52. The molecule has 9 heteroatoms. The second-order valence-electron chi connectivity index (χ2n) is 11.0. The van der Waals surface area contributed by atoms with Gasteiger partial charge in [-0.1, -0.05) is 37.6 Å².